The van der Waals surface area contributed by atoms with Crippen molar-refractivity contribution in [2.75, 3.05) is 32.5 Å². The predicted octanol–water partition coefficient (Wildman–Crippen LogP) is 3.30. The van der Waals surface area contributed by atoms with Gasteiger partial charge in [0.2, 0.25) is 25.4 Å². The van der Waals surface area contributed by atoms with Gasteiger partial charge >= 0.3 is 20.1 Å². The number of imidazole rings is 1. The third kappa shape index (κ3) is 8.41. The first-order chi connectivity index (χ1) is 18.6. The van der Waals surface area contributed by atoms with Gasteiger partial charge in [0.25, 0.3) is 0 Å². The van der Waals surface area contributed by atoms with E-state index in [1.807, 2.05) is 6.92 Å². The molecule has 3 N–H and O–H groups in total. The van der Waals surface area contributed by atoms with Gasteiger partial charge in [-0.05, 0) is 61.3 Å². The highest BCUT2D eigenvalue weighted by Crippen LogP contribution is 2.58. The summed E-state index contributed by atoms with van der Waals surface area (Å²) in [6.07, 6.45) is 1.79. The number of anilines is 1. The third-order valence-corrected chi connectivity index (χ3v) is 6.88. The number of esters is 2. The summed E-state index contributed by atoms with van der Waals surface area (Å²) >= 11 is 0. The average Bonchev–Trinajstić information content (AvgIpc) is 3.48. The number of nitrogens with zero attached hydrogens (tertiary/aromatic N) is 4. The van der Waals surface area contributed by atoms with E-state index in [9.17, 15) is 14.5 Å². The quantitative estimate of drug-likeness (QED) is 0.209. The van der Waals surface area contributed by atoms with E-state index in [-0.39, 0.29) is 18.4 Å². The average molecular weight is 589 g/mol. The number of carbonyl (C=O) groups is 2. The summed E-state index contributed by atoms with van der Waals surface area (Å²) in [7, 11) is -4.09. The molecule has 0 bridgehead atoms. The smallest absolute Gasteiger partial charge is 0.476 e. The molecule has 3 heterocycles. The number of rotatable bonds is 12. The van der Waals surface area contributed by atoms with E-state index in [4.69, 9.17) is 38.3 Å². The van der Waals surface area contributed by atoms with Crippen LogP contribution in [-0.2, 0) is 37.4 Å². The van der Waals surface area contributed by atoms with Gasteiger partial charge in [0, 0.05) is 0 Å². The first kappa shape index (κ1) is 31.8. The van der Waals surface area contributed by atoms with Crippen LogP contribution in [0.25, 0.3) is 11.2 Å². The first-order valence-corrected chi connectivity index (χ1v) is 14.3. The molecule has 40 heavy (non-hydrogen) atoms. The summed E-state index contributed by atoms with van der Waals surface area (Å²) in [6.45, 7) is 10.8. The molecule has 0 aliphatic carbocycles. The Labute approximate surface area is 233 Å². The standard InChI is InChI=1S/C24H39N5O10P/c1-8-33-19-17-18(27-22(25)28-19)29(12-26-17)16-10-9-15(39-16)11-36-40(32,37-13-34-20(30)23(2,3)4)38-14-35-21(31)24(5,6)7/h12,15-16,32H,8-11,13-14H2,1-7H3,(H2,25,27,28)/q+1. The van der Waals surface area contributed by atoms with E-state index in [2.05, 4.69) is 15.0 Å². The summed E-state index contributed by atoms with van der Waals surface area (Å²) in [5.74, 6) is -0.779. The lowest BCUT2D eigenvalue weighted by Gasteiger charge is -2.20. The molecule has 1 aliphatic heterocycles. The summed E-state index contributed by atoms with van der Waals surface area (Å²) in [5.41, 5.74) is 5.19. The van der Waals surface area contributed by atoms with E-state index in [0.29, 0.717) is 30.6 Å². The number of hydrogen-bond acceptors (Lipinski definition) is 14. The summed E-state index contributed by atoms with van der Waals surface area (Å²) < 4.78 is 39.7. The number of carbonyl (C=O) groups excluding carboxylic acids is 2. The van der Waals surface area contributed by atoms with Crippen LogP contribution in [0.2, 0.25) is 0 Å². The molecular weight excluding hydrogens is 549 g/mol. The van der Waals surface area contributed by atoms with Gasteiger partial charge in [-0.15, -0.1) is 9.05 Å². The molecular formula is C24H39N5O10P+. The lowest BCUT2D eigenvalue weighted by atomic mass is 9.98. The van der Waals surface area contributed by atoms with Gasteiger partial charge in [-0.3, -0.25) is 14.2 Å². The van der Waals surface area contributed by atoms with Crippen molar-refractivity contribution >= 4 is 37.2 Å². The van der Waals surface area contributed by atoms with Crippen molar-refractivity contribution in [3.05, 3.63) is 6.33 Å². The minimum Gasteiger partial charge on any atom is -0.476 e. The van der Waals surface area contributed by atoms with Crippen LogP contribution in [0.15, 0.2) is 6.33 Å². The van der Waals surface area contributed by atoms with Crippen molar-refractivity contribution in [2.24, 2.45) is 10.8 Å². The minimum absolute atomic E-state index is 0.0408. The Morgan fingerprint density at radius 3 is 2.20 bits per heavy atom. The molecule has 3 rings (SSSR count). The van der Waals surface area contributed by atoms with Crippen molar-refractivity contribution in [2.45, 2.75) is 73.6 Å². The van der Waals surface area contributed by atoms with Crippen LogP contribution >= 0.6 is 8.17 Å². The molecule has 1 fully saturated rings. The second-order valence-corrected chi connectivity index (χ2v) is 12.8. The summed E-state index contributed by atoms with van der Waals surface area (Å²) in [6, 6.07) is 0. The van der Waals surface area contributed by atoms with Gasteiger partial charge < -0.3 is 24.7 Å². The van der Waals surface area contributed by atoms with Gasteiger partial charge in [0.1, 0.15) is 12.8 Å². The molecule has 2 aromatic heterocycles. The van der Waals surface area contributed by atoms with Gasteiger partial charge in [0.15, 0.2) is 11.2 Å². The van der Waals surface area contributed by atoms with Crippen LogP contribution in [0.5, 0.6) is 5.88 Å². The molecule has 2 unspecified atom stereocenters. The maximum absolute atomic E-state index is 12.1. The first-order valence-electron chi connectivity index (χ1n) is 12.8. The topological polar surface area (TPSA) is 189 Å². The van der Waals surface area contributed by atoms with Crippen molar-refractivity contribution in [3.8, 4) is 5.88 Å². The molecule has 0 radical (unpaired) electrons. The van der Waals surface area contributed by atoms with E-state index >= 15 is 0 Å². The van der Waals surface area contributed by atoms with E-state index in [1.54, 1.807) is 52.4 Å². The number of aromatic nitrogens is 4. The monoisotopic (exact) mass is 588 g/mol. The molecule has 0 amide bonds. The third-order valence-electron chi connectivity index (χ3n) is 5.54. The van der Waals surface area contributed by atoms with E-state index < -0.39 is 56.9 Å². The molecule has 2 atom stereocenters. The van der Waals surface area contributed by atoms with Crippen LogP contribution in [0, 0.1) is 10.8 Å². The molecule has 224 valence electrons. The predicted molar refractivity (Wildman–Crippen MR) is 142 cm³/mol. The zero-order valence-corrected chi connectivity index (χ0v) is 24.8. The number of hydrogen-bond donors (Lipinski definition) is 2. The maximum atomic E-state index is 12.1. The molecule has 1 saturated heterocycles. The Morgan fingerprint density at radius 1 is 1.05 bits per heavy atom. The van der Waals surface area contributed by atoms with Gasteiger partial charge in [-0.2, -0.15) is 19.4 Å². The zero-order valence-electron chi connectivity index (χ0n) is 23.9. The Bertz CT molecular complexity index is 1150. The van der Waals surface area contributed by atoms with E-state index in [0.717, 1.165) is 0 Å². The van der Waals surface area contributed by atoms with Crippen LogP contribution < -0.4 is 10.5 Å². The van der Waals surface area contributed by atoms with E-state index in [1.165, 1.54) is 0 Å². The number of fused-ring (bicyclic) bond motifs is 1. The highest BCUT2D eigenvalue weighted by Gasteiger charge is 2.48. The molecule has 0 aromatic carbocycles. The Balaban J connectivity index is 1.63. The lowest BCUT2D eigenvalue weighted by Crippen LogP contribution is -2.26. The minimum atomic E-state index is -4.09. The van der Waals surface area contributed by atoms with Crippen LogP contribution in [0.1, 0.15) is 67.5 Å². The van der Waals surface area contributed by atoms with Crippen molar-refractivity contribution in [1.29, 1.82) is 0 Å². The molecule has 15 nitrogen and oxygen atoms in total. The Hall–Kier alpha value is -2.68. The zero-order chi connectivity index (χ0) is 29.7. The summed E-state index contributed by atoms with van der Waals surface area (Å²) in [5, 5.41) is 0. The lowest BCUT2D eigenvalue weighted by molar-refractivity contribution is -0.165. The number of ether oxygens (including phenoxy) is 4. The van der Waals surface area contributed by atoms with Crippen molar-refractivity contribution in [3.63, 3.8) is 0 Å². The second-order valence-electron chi connectivity index (χ2n) is 11.1. The fraction of sp³-hybridized carbons (Fsp3) is 0.708. The number of nitrogens with two attached hydrogens (primary N) is 1. The van der Waals surface area contributed by atoms with Gasteiger partial charge in [-0.25, -0.2) is 4.98 Å². The molecule has 16 heteroatoms. The second kappa shape index (κ2) is 12.9. The van der Waals surface area contributed by atoms with Crippen LogP contribution in [0.4, 0.5) is 5.95 Å². The number of nitrogen functional groups attached to an aromatic ring is 1. The Kier molecular flexibility index (Phi) is 10.3. The molecule has 0 spiro atoms. The maximum Gasteiger partial charge on any atom is 0.579 e. The molecule has 2 aromatic rings. The molecule has 1 aliphatic rings. The molecule has 0 saturated carbocycles. The van der Waals surface area contributed by atoms with Crippen LogP contribution in [0.3, 0.4) is 0 Å². The highest BCUT2D eigenvalue weighted by atomic mass is 31.2. The fourth-order valence-electron chi connectivity index (χ4n) is 3.38. The Morgan fingerprint density at radius 2 is 1.65 bits per heavy atom. The largest absolute Gasteiger partial charge is 0.579 e. The van der Waals surface area contributed by atoms with Gasteiger partial charge in [0.05, 0.1) is 29.9 Å². The fourth-order valence-corrected chi connectivity index (χ4v) is 4.33. The SMILES string of the molecule is CCOc1nc(N)nc2c1ncn2C1CCC(CO[P+](O)(OCOC(=O)C(C)(C)C)OCOC(=O)C(C)(C)C)O1. The highest BCUT2D eigenvalue weighted by molar-refractivity contribution is 7.55. The van der Waals surface area contributed by atoms with Gasteiger partial charge in [-0.1, -0.05) is 0 Å². The van der Waals surface area contributed by atoms with Crippen molar-refractivity contribution < 1.29 is 47.0 Å². The van der Waals surface area contributed by atoms with Crippen molar-refractivity contribution in [1.82, 2.24) is 19.5 Å². The normalized spacial score (nSPS) is 18.2. The van der Waals surface area contributed by atoms with Crippen LogP contribution in [-0.4, -0.2) is 69.3 Å². The summed E-state index contributed by atoms with van der Waals surface area (Å²) in [4.78, 5) is 47.8.